The van der Waals surface area contributed by atoms with Gasteiger partial charge in [-0.25, -0.2) is 0 Å². The number of nitrogens with zero attached hydrogens (tertiary/aromatic N) is 3. The molecular formula is C12H20BrN3O. The minimum Gasteiger partial charge on any atom is -0.383 e. The first kappa shape index (κ1) is 13.1. The number of hydrogen-bond acceptors (Lipinski definition) is 3. The molecule has 2 rings (SSSR count). The van der Waals surface area contributed by atoms with Crippen molar-refractivity contribution in [3.05, 3.63) is 16.4 Å². The Hall–Kier alpha value is -0.390. The lowest BCUT2D eigenvalue weighted by Crippen LogP contribution is -2.42. The van der Waals surface area contributed by atoms with Gasteiger partial charge in [0.05, 0.1) is 16.4 Å². The first-order valence-electron chi connectivity index (χ1n) is 6.19. The Bertz CT molecular complexity index is 383. The third-order valence-corrected chi connectivity index (χ3v) is 4.07. The maximum Gasteiger partial charge on any atom is 0.110 e. The summed E-state index contributed by atoms with van der Waals surface area (Å²) in [6.07, 6.45) is 4.37. The highest BCUT2D eigenvalue weighted by Crippen LogP contribution is 2.36. The summed E-state index contributed by atoms with van der Waals surface area (Å²) < 4.78 is 2.87. The summed E-state index contributed by atoms with van der Waals surface area (Å²) in [5.41, 5.74) is 0.226. The van der Waals surface area contributed by atoms with Crippen LogP contribution < -0.4 is 0 Å². The Balaban J connectivity index is 2.28. The number of aliphatic hydroxyl groups is 1. The second kappa shape index (κ2) is 5.08. The van der Waals surface area contributed by atoms with Gasteiger partial charge in [-0.3, -0.25) is 4.68 Å². The van der Waals surface area contributed by atoms with Gasteiger partial charge in [-0.1, -0.05) is 6.92 Å². The molecule has 0 saturated carbocycles. The maximum atomic E-state index is 10.8. The quantitative estimate of drug-likeness (QED) is 0.928. The fraction of sp³-hybridized carbons (Fsp3) is 0.750. The van der Waals surface area contributed by atoms with Gasteiger partial charge in [0.15, 0.2) is 0 Å². The molecule has 0 atom stereocenters. The Labute approximate surface area is 111 Å². The minimum absolute atomic E-state index is 0.725. The zero-order chi connectivity index (χ0) is 12.5. The molecule has 0 amide bonds. The van der Waals surface area contributed by atoms with E-state index < -0.39 is 5.60 Å². The predicted octanol–water partition coefficient (Wildman–Crippen LogP) is 1.97. The first-order chi connectivity index (χ1) is 8.07. The normalized spacial score (nSPS) is 20.7. The van der Waals surface area contributed by atoms with E-state index in [-0.39, 0.29) is 0 Å². The van der Waals surface area contributed by atoms with Crippen LogP contribution in [0.25, 0.3) is 0 Å². The first-order valence-corrected chi connectivity index (χ1v) is 6.99. The molecule has 1 aliphatic heterocycles. The van der Waals surface area contributed by atoms with Crippen LogP contribution >= 0.6 is 15.9 Å². The summed E-state index contributed by atoms with van der Waals surface area (Å²) in [4.78, 5) is 2.25. The van der Waals surface area contributed by atoms with E-state index in [9.17, 15) is 5.11 Å². The molecule has 0 aliphatic carbocycles. The van der Waals surface area contributed by atoms with E-state index in [1.54, 1.807) is 6.20 Å². The highest BCUT2D eigenvalue weighted by atomic mass is 79.9. The van der Waals surface area contributed by atoms with Crippen molar-refractivity contribution < 1.29 is 5.11 Å². The average Bonchev–Trinajstić information content (AvgIpc) is 2.66. The predicted molar refractivity (Wildman–Crippen MR) is 70.8 cm³/mol. The van der Waals surface area contributed by atoms with Gasteiger partial charge in [0.25, 0.3) is 0 Å². The van der Waals surface area contributed by atoms with Crippen LogP contribution in [0.2, 0.25) is 0 Å². The molecule has 2 heterocycles. The summed E-state index contributed by atoms with van der Waals surface area (Å²) in [5, 5.41) is 15.2. The molecule has 96 valence electrons. The van der Waals surface area contributed by atoms with Gasteiger partial charge in [-0.15, -0.1) is 0 Å². The van der Waals surface area contributed by atoms with Gasteiger partial charge in [-0.2, -0.15) is 5.10 Å². The molecule has 1 fully saturated rings. The Kier molecular flexibility index (Phi) is 3.90. The number of hydrogen-bond donors (Lipinski definition) is 1. The zero-order valence-electron chi connectivity index (χ0n) is 10.5. The molecule has 4 nitrogen and oxygen atoms in total. The van der Waals surface area contributed by atoms with E-state index in [0.717, 1.165) is 49.1 Å². The SMILES string of the molecule is CCCn1ncc(Br)c1C1(O)CCN(C)CC1. The van der Waals surface area contributed by atoms with Crippen molar-refractivity contribution in [2.75, 3.05) is 20.1 Å². The molecular weight excluding hydrogens is 282 g/mol. The van der Waals surface area contributed by atoms with Gasteiger partial charge in [0.2, 0.25) is 0 Å². The lowest BCUT2D eigenvalue weighted by Gasteiger charge is -2.37. The Morgan fingerprint density at radius 1 is 1.47 bits per heavy atom. The number of likely N-dealkylation sites (tertiary alicyclic amines) is 1. The van der Waals surface area contributed by atoms with Crippen LogP contribution in [0, 0.1) is 0 Å². The van der Waals surface area contributed by atoms with E-state index in [4.69, 9.17) is 0 Å². The number of rotatable bonds is 3. The highest BCUT2D eigenvalue weighted by molar-refractivity contribution is 9.10. The zero-order valence-corrected chi connectivity index (χ0v) is 12.1. The van der Waals surface area contributed by atoms with Gasteiger partial charge < -0.3 is 10.0 Å². The molecule has 0 spiro atoms. The van der Waals surface area contributed by atoms with Crippen molar-refractivity contribution in [2.24, 2.45) is 0 Å². The van der Waals surface area contributed by atoms with E-state index >= 15 is 0 Å². The molecule has 1 aliphatic rings. The topological polar surface area (TPSA) is 41.3 Å². The van der Waals surface area contributed by atoms with Crippen LogP contribution in [0.3, 0.4) is 0 Å². The van der Waals surface area contributed by atoms with Crippen LogP contribution in [0.15, 0.2) is 10.7 Å². The van der Waals surface area contributed by atoms with Gasteiger partial charge in [0, 0.05) is 19.6 Å². The molecule has 1 saturated heterocycles. The summed E-state index contributed by atoms with van der Waals surface area (Å²) in [7, 11) is 2.10. The minimum atomic E-state index is -0.725. The lowest BCUT2D eigenvalue weighted by atomic mass is 9.88. The molecule has 0 unspecified atom stereocenters. The van der Waals surface area contributed by atoms with Crippen LogP contribution in [-0.2, 0) is 12.1 Å². The van der Waals surface area contributed by atoms with Crippen LogP contribution in [0.4, 0.5) is 0 Å². The van der Waals surface area contributed by atoms with Crippen molar-refractivity contribution in [2.45, 2.75) is 38.3 Å². The van der Waals surface area contributed by atoms with E-state index in [2.05, 4.69) is 39.9 Å². The maximum absolute atomic E-state index is 10.8. The van der Waals surface area contributed by atoms with Gasteiger partial charge in [-0.05, 0) is 42.2 Å². The van der Waals surface area contributed by atoms with E-state index in [0.29, 0.717) is 0 Å². The molecule has 1 N–H and O–H groups in total. The fourth-order valence-corrected chi connectivity index (χ4v) is 3.10. The number of aromatic nitrogens is 2. The molecule has 1 aromatic rings. The highest BCUT2D eigenvalue weighted by Gasteiger charge is 2.37. The van der Waals surface area contributed by atoms with Crippen LogP contribution in [0.1, 0.15) is 31.9 Å². The number of halogens is 1. The monoisotopic (exact) mass is 301 g/mol. The second-order valence-electron chi connectivity index (χ2n) is 4.90. The van der Waals surface area contributed by atoms with Crippen LogP contribution in [-0.4, -0.2) is 39.9 Å². The number of aryl methyl sites for hydroxylation is 1. The average molecular weight is 302 g/mol. The summed E-state index contributed by atoms with van der Waals surface area (Å²) in [6, 6.07) is 0. The fourth-order valence-electron chi connectivity index (χ4n) is 2.43. The molecule has 0 aromatic carbocycles. The lowest BCUT2D eigenvalue weighted by molar-refractivity contribution is -0.0280. The van der Waals surface area contributed by atoms with Crippen molar-refractivity contribution in [1.29, 1.82) is 0 Å². The van der Waals surface area contributed by atoms with Crippen molar-refractivity contribution in [3.8, 4) is 0 Å². The van der Waals surface area contributed by atoms with E-state index in [1.165, 1.54) is 0 Å². The Morgan fingerprint density at radius 3 is 2.71 bits per heavy atom. The second-order valence-corrected chi connectivity index (χ2v) is 5.75. The van der Waals surface area contributed by atoms with Crippen molar-refractivity contribution >= 4 is 15.9 Å². The van der Waals surface area contributed by atoms with Gasteiger partial charge >= 0.3 is 0 Å². The summed E-state index contributed by atoms with van der Waals surface area (Å²) >= 11 is 3.52. The summed E-state index contributed by atoms with van der Waals surface area (Å²) in [6.45, 7) is 4.84. The van der Waals surface area contributed by atoms with Crippen molar-refractivity contribution in [1.82, 2.24) is 14.7 Å². The molecule has 17 heavy (non-hydrogen) atoms. The third kappa shape index (κ3) is 2.56. The standard InChI is InChI=1S/C12H20BrN3O/c1-3-6-16-11(10(13)9-14-16)12(17)4-7-15(2)8-5-12/h9,17H,3-8H2,1-2H3. The number of piperidine rings is 1. The molecule has 5 heteroatoms. The third-order valence-electron chi connectivity index (χ3n) is 3.49. The van der Waals surface area contributed by atoms with E-state index in [1.807, 2.05) is 4.68 Å². The largest absolute Gasteiger partial charge is 0.383 e. The summed E-state index contributed by atoms with van der Waals surface area (Å²) in [5.74, 6) is 0. The molecule has 0 bridgehead atoms. The smallest absolute Gasteiger partial charge is 0.110 e. The van der Waals surface area contributed by atoms with Crippen molar-refractivity contribution in [3.63, 3.8) is 0 Å². The van der Waals surface area contributed by atoms with Gasteiger partial charge in [0.1, 0.15) is 5.60 Å². The molecule has 1 aromatic heterocycles. The Morgan fingerprint density at radius 2 is 2.12 bits per heavy atom. The molecule has 0 radical (unpaired) electrons. The van der Waals surface area contributed by atoms with Crippen LogP contribution in [0.5, 0.6) is 0 Å².